The second kappa shape index (κ2) is 7.20. The van der Waals surface area contributed by atoms with E-state index >= 15 is 0 Å². The van der Waals surface area contributed by atoms with E-state index < -0.39 is 11.9 Å². The third-order valence-corrected chi connectivity index (χ3v) is 3.96. The Labute approximate surface area is 123 Å². The Bertz CT molecular complexity index is 513. The minimum atomic E-state index is -0.791. The predicted molar refractivity (Wildman–Crippen MR) is 77.8 cm³/mol. The summed E-state index contributed by atoms with van der Waals surface area (Å²) in [6.45, 7) is 0. The zero-order valence-electron chi connectivity index (χ0n) is 12.0. The number of primary amides is 1. The van der Waals surface area contributed by atoms with Gasteiger partial charge in [0.25, 0.3) is 0 Å². The largest absolute Gasteiger partial charge is 0.368 e. The maximum atomic E-state index is 13.2. The van der Waals surface area contributed by atoms with Crippen molar-refractivity contribution in [1.29, 1.82) is 0 Å². The summed E-state index contributed by atoms with van der Waals surface area (Å²) in [6.07, 6.45) is 5.18. The summed E-state index contributed by atoms with van der Waals surface area (Å²) >= 11 is 0. The maximum absolute atomic E-state index is 13.2. The smallest absolute Gasteiger partial charge is 0.240 e. The van der Waals surface area contributed by atoms with Crippen LogP contribution >= 0.6 is 0 Å². The molecule has 5 heteroatoms. The number of carbonyl (C=O) groups excluding carboxylic acids is 2. The first-order valence-corrected chi connectivity index (χ1v) is 7.40. The van der Waals surface area contributed by atoms with Crippen LogP contribution in [-0.2, 0) is 16.0 Å². The number of carbonyl (C=O) groups is 2. The molecule has 0 aliphatic heterocycles. The van der Waals surface area contributed by atoms with Crippen molar-refractivity contribution in [2.45, 2.75) is 44.6 Å². The number of benzene rings is 1. The number of nitrogens with one attached hydrogen (secondary N) is 1. The predicted octanol–water partition coefficient (Wildman–Crippen LogP) is 1.92. The van der Waals surface area contributed by atoms with Crippen molar-refractivity contribution in [3.05, 3.63) is 35.6 Å². The van der Waals surface area contributed by atoms with Crippen LogP contribution in [0.4, 0.5) is 4.39 Å². The Morgan fingerprint density at radius 1 is 1.29 bits per heavy atom. The zero-order valence-corrected chi connectivity index (χ0v) is 12.0. The summed E-state index contributed by atoms with van der Waals surface area (Å²) in [5.74, 6) is -1.11. The van der Waals surface area contributed by atoms with Crippen molar-refractivity contribution in [3.63, 3.8) is 0 Å². The van der Waals surface area contributed by atoms with Crippen LogP contribution in [0, 0.1) is 11.7 Å². The van der Waals surface area contributed by atoms with Crippen molar-refractivity contribution in [2.24, 2.45) is 11.7 Å². The third-order valence-electron chi connectivity index (χ3n) is 3.96. The molecule has 0 radical (unpaired) electrons. The summed E-state index contributed by atoms with van der Waals surface area (Å²) < 4.78 is 13.2. The SMILES string of the molecule is NC(=O)[C@H](Cc1cccc(F)c1)NC(=O)C1CCCCC1. The molecule has 21 heavy (non-hydrogen) atoms. The molecular formula is C16H21FN2O2. The lowest BCUT2D eigenvalue weighted by molar-refractivity contribution is -0.130. The van der Waals surface area contributed by atoms with Crippen LogP contribution in [0.15, 0.2) is 24.3 Å². The van der Waals surface area contributed by atoms with Crippen LogP contribution < -0.4 is 11.1 Å². The summed E-state index contributed by atoms with van der Waals surface area (Å²) in [5, 5.41) is 2.72. The van der Waals surface area contributed by atoms with Gasteiger partial charge >= 0.3 is 0 Å². The number of halogens is 1. The van der Waals surface area contributed by atoms with Crippen molar-refractivity contribution >= 4 is 11.8 Å². The number of hydrogen-bond donors (Lipinski definition) is 2. The molecule has 1 aromatic rings. The standard InChI is InChI=1S/C16H21FN2O2/c17-13-8-4-5-11(9-13)10-14(15(18)20)19-16(21)12-6-2-1-3-7-12/h4-5,8-9,12,14H,1-3,6-7,10H2,(H2,18,20)(H,19,21)/t14-/m0/s1. The van der Waals surface area contributed by atoms with E-state index in [1.54, 1.807) is 12.1 Å². The van der Waals surface area contributed by atoms with Crippen molar-refractivity contribution in [3.8, 4) is 0 Å². The van der Waals surface area contributed by atoms with Gasteiger partial charge < -0.3 is 11.1 Å². The fourth-order valence-electron chi connectivity index (χ4n) is 2.78. The van der Waals surface area contributed by atoms with E-state index in [9.17, 15) is 14.0 Å². The monoisotopic (exact) mass is 292 g/mol. The van der Waals surface area contributed by atoms with E-state index in [2.05, 4.69) is 5.32 Å². The first-order chi connectivity index (χ1) is 10.1. The average Bonchev–Trinajstić information content (AvgIpc) is 2.47. The summed E-state index contributed by atoms with van der Waals surface area (Å²) in [7, 11) is 0. The van der Waals surface area contributed by atoms with Gasteiger partial charge in [0.05, 0.1) is 0 Å². The third kappa shape index (κ3) is 4.55. The Morgan fingerprint density at radius 3 is 2.62 bits per heavy atom. The van der Waals surface area contributed by atoms with Crippen LogP contribution in [0.1, 0.15) is 37.7 Å². The van der Waals surface area contributed by atoms with Gasteiger partial charge in [0.1, 0.15) is 11.9 Å². The van der Waals surface area contributed by atoms with E-state index in [1.165, 1.54) is 12.1 Å². The maximum Gasteiger partial charge on any atom is 0.240 e. The molecule has 1 saturated carbocycles. The highest BCUT2D eigenvalue weighted by Gasteiger charge is 2.25. The summed E-state index contributed by atoms with van der Waals surface area (Å²) in [5.41, 5.74) is 5.99. The Balaban J connectivity index is 1.98. The minimum absolute atomic E-state index is 0.0342. The van der Waals surface area contributed by atoms with Crippen LogP contribution in [0.5, 0.6) is 0 Å². The summed E-state index contributed by atoms with van der Waals surface area (Å²) in [4.78, 5) is 23.7. The Hall–Kier alpha value is -1.91. The van der Waals surface area contributed by atoms with Crippen LogP contribution in [0.2, 0.25) is 0 Å². The molecule has 1 aliphatic rings. The molecule has 0 heterocycles. The molecule has 2 amide bonds. The van der Waals surface area contributed by atoms with Gasteiger partial charge in [0.15, 0.2) is 0 Å². The fourth-order valence-corrected chi connectivity index (χ4v) is 2.78. The molecule has 0 spiro atoms. The number of hydrogen-bond acceptors (Lipinski definition) is 2. The Kier molecular flexibility index (Phi) is 5.31. The van der Waals surface area contributed by atoms with Crippen LogP contribution in [0.25, 0.3) is 0 Å². The molecule has 1 aromatic carbocycles. The molecule has 4 nitrogen and oxygen atoms in total. The number of nitrogens with two attached hydrogens (primary N) is 1. The molecule has 0 unspecified atom stereocenters. The number of rotatable bonds is 5. The van der Waals surface area contributed by atoms with Crippen molar-refractivity contribution < 1.29 is 14.0 Å². The lowest BCUT2D eigenvalue weighted by Crippen LogP contribution is -2.48. The molecule has 114 valence electrons. The lowest BCUT2D eigenvalue weighted by Gasteiger charge is -2.23. The molecule has 2 rings (SSSR count). The molecule has 0 saturated heterocycles. The molecule has 0 aromatic heterocycles. The molecular weight excluding hydrogens is 271 g/mol. The molecule has 3 N–H and O–H groups in total. The van der Waals surface area contributed by atoms with Crippen LogP contribution in [-0.4, -0.2) is 17.9 Å². The Morgan fingerprint density at radius 2 is 2.00 bits per heavy atom. The van der Waals surface area contributed by atoms with E-state index in [0.717, 1.165) is 32.1 Å². The average molecular weight is 292 g/mol. The van der Waals surface area contributed by atoms with Gasteiger partial charge in [-0.1, -0.05) is 31.4 Å². The second-order valence-electron chi connectivity index (χ2n) is 5.63. The second-order valence-corrected chi connectivity index (χ2v) is 5.63. The van der Waals surface area contributed by atoms with E-state index in [4.69, 9.17) is 5.73 Å². The fraction of sp³-hybridized carbons (Fsp3) is 0.500. The van der Waals surface area contributed by atoms with Gasteiger partial charge in [-0.15, -0.1) is 0 Å². The first kappa shape index (κ1) is 15.5. The topological polar surface area (TPSA) is 72.2 Å². The normalized spacial score (nSPS) is 17.2. The highest BCUT2D eigenvalue weighted by atomic mass is 19.1. The van der Waals surface area contributed by atoms with Crippen molar-refractivity contribution in [1.82, 2.24) is 5.32 Å². The number of amides is 2. The molecule has 1 aliphatic carbocycles. The van der Waals surface area contributed by atoms with E-state index in [-0.39, 0.29) is 24.1 Å². The van der Waals surface area contributed by atoms with Gasteiger partial charge in [-0.25, -0.2) is 4.39 Å². The molecule has 1 atom stereocenters. The minimum Gasteiger partial charge on any atom is -0.368 e. The highest BCUT2D eigenvalue weighted by molar-refractivity contribution is 5.87. The van der Waals surface area contributed by atoms with E-state index in [1.807, 2.05) is 0 Å². The highest BCUT2D eigenvalue weighted by Crippen LogP contribution is 2.23. The quantitative estimate of drug-likeness (QED) is 0.870. The zero-order chi connectivity index (χ0) is 15.2. The molecule has 0 bridgehead atoms. The van der Waals surface area contributed by atoms with Gasteiger partial charge in [-0.2, -0.15) is 0 Å². The van der Waals surface area contributed by atoms with Gasteiger partial charge in [0.2, 0.25) is 11.8 Å². The summed E-state index contributed by atoms with van der Waals surface area (Å²) in [6, 6.07) is 5.19. The molecule has 1 fully saturated rings. The van der Waals surface area contributed by atoms with E-state index in [0.29, 0.717) is 5.56 Å². The van der Waals surface area contributed by atoms with Gasteiger partial charge in [0, 0.05) is 12.3 Å². The first-order valence-electron chi connectivity index (χ1n) is 7.40. The van der Waals surface area contributed by atoms with Crippen LogP contribution in [0.3, 0.4) is 0 Å². The van der Waals surface area contributed by atoms with Gasteiger partial charge in [-0.05, 0) is 30.5 Å². The lowest BCUT2D eigenvalue weighted by atomic mass is 9.88. The van der Waals surface area contributed by atoms with Crippen molar-refractivity contribution in [2.75, 3.05) is 0 Å². The van der Waals surface area contributed by atoms with Gasteiger partial charge in [-0.3, -0.25) is 9.59 Å².